The molecule has 7 nitrogen and oxygen atoms in total. The fraction of sp³-hybridized carbons (Fsp3) is 0.125. The fourth-order valence-electron chi connectivity index (χ4n) is 2.28. The van der Waals surface area contributed by atoms with Gasteiger partial charge in [-0.1, -0.05) is 17.2 Å². The molecule has 2 aromatic carbocycles. The van der Waals surface area contributed by atoms with Crippen LogP contribution in [0.1, 0.15) is 15.9 Å². The largest absolute Gasteiger partial charge is 0.494 e. The van der Waals surface area contributed by atoms with Crippen molar-refractivity contribution in [3.8, 4) is 11.4 Å². The number of rotatable bonds is 4. The summed E-state index contributed by atoms with van der Waals surface area (Å²) in [7, 11) is 1.31. The van der Waals surface area contributed by atoms with E-state index in [1.807, 2.05) is 0 Å². The van der Waals surface area contributed by atoms with Crippen LogP contribution in [0, 0.1) is 5.82 Å². The summed E-state index contributed by atoms with van der Waals surface area (Å²) in [5.41, 5.74) is -1.45. The van der Waals surface area contributed by atoms with Crippen LogP contribution < -0.4 is 10.1 Å². The Balaban J connectivity index is 1.86. The Kier molecular flexibility index (Phi) is 4.75. The lowest BCUT2D eigenvalue weighted by Crippen LogP contribution is -2.19. The first-order chi connectivity index (χ1) is 12.8. The number of nitrogens with zero attached hydrogens (tertiary/aromatic N) is 4. The van der Waals surface area contributed by atoms with E-state index in [1.165, 1.54) is 25.3 Å². The predicted molar refractivity (Wildman–Crippen MR) is 85.1 cm³/mol. The molecule has 1 amide bonds. The zero-order valence-corrected chi connectivity index (χ0v) is 13.7. The number of anilines is 1. The van der Waals surface area contributed by atoms with Crippen molar-refractivity contribution in [3.05, 3.63) is 59.4 Å². The van der Waals surface area contributed by atoms with Gasteiger partial charge >= 0.3 is 6.18 Å². The summed E-state index contributed by atoms with van der Waals surface area (Å²) in [5, 5.41) is 13.3. The molecule has 3 rings (SSSR count). The Hall–Kier alpha value is -3.50. The van der Waals surface area contributed by atoms with E-state index in [0.29, 0.717) is 0 Å². The molecule has 1 heterocycles. The first-order valence-corrected chi connectivity index (χ1v) is 7.41. The van der Waals surface area contributed by atoms with Crippen molar-refractivity contribution in [2.24, 2.45) is 0 Å². The van der Waals surface area contributed by atoms with E-state index in [0.717, 1.165) is 29.1 Å². The summed E-state index contributed by atoms with van der Waals surface area (Å²) >= 11 is 0. The van der Waals surface area contributed by atoms with Crippen molar-refractivity contribution < 1.29 is 27.1 Å². The van der Waals surface area contributed by atoms with Gasteiger partial charge in [-0.3, -0.25) is 10.1 Å². The highest BCUT2D eigenvalue weighted by molar-refractivity contribution is 6.04. The Bertz CT molecular complexity index is 987. The van der Waals surface area contributed by atoms with Crippen LogP contribution in [0.15, 0.2) is 42.5 Å². The molecule has 0 saturated carbocycles. The highest BCUT2D eigenvalue weighted by atomic mass is 19.4. The lowest BCUT2D eigenvalue weighted by molar-refractivity contribution is -0.137. The summed E-state index contributed by atoms with van der Waals surface area (Å²) < 4.78 is 57.3. The molecule has 0 atom stereocenters. The molecule has 1 N–H and O–H groups in total. The summed E-state index contributed by atoms with van der Waals surface area (Å²) in [6.07, 6.45) is -4.69. The minimum Gasteiger partial charge on any atom is -0.494 e. The van der Waals surface area contributed by atoms with Gasteiger partial charge in [0.25, 0.3) is 11.9 Å². The second kappa shape index (κ2) is 7.02. The van der Waals surface area contributed by atoms with Crippen LogP contribution in [-0.4, -0.2) is 33.2 Å². The maximum atomic E-state index is 13.3. The van der Waals surface area contributed by atoms with E-state index < -0.39 is 29.0 Å². The summed E-state index contributed by atoms with van der Waals surface area (Å²) in [6, 6.07) is 7.86. The monoisotopic (exact) mass is 381 g/mol. The number of hydrogen-bond acceptors (Lipinski definition) is 5. The van der Waals surface area contributed by atoms with Crippen molar-refractivity contribution in [2.75, 3.05) is 12.4 Å². The molecule has 0 fully saturated rings. The number of ether oxygens (including phenoxy) is 1. The van der Waals surface area contributed by atoms with Gasteiger partial charge < -0.3 is 4.74 Å². The third-order valence-corrected chi connectivity index (χ3v) is 3.47. The highest BCUT2D eigenvalue weighted by Crippen LogP contribution is 2.32. The third kappa shape index (κ3) is 3.86. The zero-order chi connectivity index (χ0) is 19.6. The van der Waals surface area contributed by atoms with Gasteiger partial charge in [-0.2, -0.15) is 13.2 Å². The van der Waals surface area contributed by atoms with Gasteiger partial charge in [0.15, 0.2) is 0 Å². The zero-order valence-electron chi connectivity index (χ0n) is 13.7. The highest BCUT2D eigenvalue weighted by Gasteiger charge is 2.35. The van der Waals surface area contributed by atoms with E-state index in [1.54, 1.807) is 0 Å². The molecule has 27 heavy (non-hydrogen) atoms. The smallest absolute Gasteiger partial charge is 0.417 e. The maximum absolute atomic E-state index is 13.3. The number of aromatic nitrogens is 4. The molecule has 0 aliphatic carbocycles. The molecule has 0 aliphatic heterocycles. The van der Waals surface area contributed by atoms with Crippen molar-refractivity contribution in [1.29, 1.82) is 0 Å². The van der Waals surface area contributed by atoms with Crippen LogP contribution >= 0.6 is 0 Å². The number of benzene rings is 2. The van der Waals surface area contributed by atoms with E-state index in [2.05, 4.69) is 20.7 Å². The van der Waals surface area contributed by atoms with Crippen molar-refractivity contribution >= 4 is 11.9 Å². The van der Waals surface area contributed by atoms with Gasteiger partial charge in [-0.05, 0) is 29.5 Å². The summed E-state index contributed by atoms with van der Waals surface area (Å²) in [6.45, 7) is 0. The number of tetrazole rings is 1. The van der Waals surface area contributed by atoms with Crippen LogP contribution in [0.2, 0.25) is 0 Å². The first kappa shape index (κ1) is 18.3. The van der Waals surface area contributed by atoms with Gasteiger partial charge in [0.2, 0.25) is 0 Å². The first-order valence-electron chi connectivity index (χ1n) is 7.41. The predicted octanol–water partition coefficient (Wildman–Crippen LogP) is 3.08. The van der Waals surface area contributed by atoms with Crippen molar-refractivity contribution in [1.82, 2.24) is 20.2 Å². The SMILES string of the molecule is COc1cc(F)ccc1-n1nnc(NC(=O)c2ccccc2C(F)(F)F)n1. The van der Waals surface area contributed by atoms with Crippen LogP contribution in [0.4, 0.5) is 23.5 Å². The summed E-state index contributed by atoms with van der Waals surface area (Å²) in [5.74, 6) is -1.82. The standard InChI is InChI=1S/C16H11F4N5O2/c1-27-13-8-9(17)6-7-12(13)25-23-15(22-24-25)21-14(26)10-4-2-3-5-11(10)16(18,19)20/h2-8H,1H3,(H,21,23,26). The van der Waals surface area contributed by atoms with Gasteiger partial charge in [0, 0.05) is 6.07 Å². The molecule has 1 aromatic heterocycles. The molecule has 0 radical (unpaired) electrons. The lowest BCUT2D eigenvalue weighted by atomic mass is 10.1. The van der Waals surface area contributed by atoms with E-state index >= 15 is 0 Å². The number of methoxy groups -OCH3 is 1. The van der Waals surface area contributed by atoms with Crippen LogP contribution in [0.3, 0.4) is 0 Å². The van der Waals surface area contributed by atoms with E-state index in [-0.39, 0.29) is 17.4 Å². The van der Waals surface area contributed by atoms with Gasteiger partial charge in [-0.15, -0.1) is 9.90 Å². The Morgan fingerprint density at radius 1 is 1.19 bits per heavy atom. The van der Waals surface area contributed by atoms with Gasteiger partial charge in [0.05, 0.1) is 18.2 Å². The average molecular weight is 381 g/mol. The Morgan fingerprint density at radius 2 is 1.93 bits per heavy atom. The second-order valence-corrected chi connectivity index (χ2v) is 5.22. The minimum atomic E-state index is -4.69. The minimum absolute atomic E-state index is 0.104. The Morgan fingerprint density at radius 3 is 2.63 bits per heavy atom. The second-order valence-electron chi connectivity index (χ2n) is 5.22. The van der Waals surface area contributed by atoms with Crippen LogP contribution in [0.25, 0.3) is 5.69 Å². The molecule has 0 unspecified atom stereocenters. The van der Waals surface area contributed by atoms with Crippen LogP contribution in [0.5, 0.6) is 5.75 Å². The quantitative estimate of drug-likeness (QED) is 0.703. The summed E-state index contributed by atoms with van der Waals surface area (Å²) in [4.78, 5) is 13.1. The molecule has 3 aromatic rings. The van der Waals surface area contributed by atoms with Crippen LogP contribution in [-0.2, 0) is 6.18 Å². The topological polar surface area (TPSA) is 81.9 Å². The molecular formula is C16H11F4N5O2. The Labute approximate surface area is 149 Å². The number of hydrogen-bond donors (Lipinski definition) is 1. The van der Waals surface area contributed by atoms with Crippen molar-refractivity contribution in [3.63, 3.8) is 0 Å². The number of alkyl halides is 3. The molecule has 0 bridgehead atoms. The molecular weight excluding hydrogens is 370 g/mol. The third-order valence-electron chi connectivity index (χ3n) is 3.47. The van der Waals surface area contributed by atoms with Gasteiger partial charge in [0.1, 0.15) is 17.3 Å². The van der Waals surface area contributed by atoms with Crippen molar-refractivity contribution in [2.45, 2.75) is 6.18 Å². The van der Waals surface area contributed by atoms with E-state index in [9.17, 15) is 22.4 Å². The molecule has 0 saturated heterocycles. The lowest BCUT2D eigenvalue weighted by Gasteiger charge is -2.11. The normalized spacial score (nSPS) is 11.3. The molecule has 0 spiro atoms. The number of carbonyl (C=O) groups is 1. The number of carbonyl (C=O) groups excluding carboxylic acids is 1. The fourth-order valence-corrected chi connectivity index (χ4v) is 2.28. The maximum Gasteiger partial charge on any atom is 0.417 e. The number of nitrogens with one attached hydrogen (secondary N) is 1. The van der Waals surface area contributed by atoms with E-state index in [4.69, 9.17) is 4.74 Å². The molecule has 140 valence electrons. The van der Waals surface area contributed by atoms with Gasteiger partial charge in [-0.25, -0.2) is 4.39 Å². The average Bonchev–Trinajstić information content (AvgIpc) is 3.09. The number of amides is 1. The molecule has 0 aliphatic rings. The number of halogens is 4. The molecule has 11 heteroatoms.